The van der Waals surface area contributed by atoms with E-state index in [0.717, 1.165) is 22.3 Å². The van der Waals surface area contributed by atoms with Crippen molar-refractivity contribution >= 4 is 18.0 Å². The maximum absolute atomic E-state index is 13.3. The van der Waals surface area contributed by atoms with Gasteiger partial charge in [0.15, 0.2) is 0 Å². The minimum Gasteiger partial charge on any atom is -0.481 e. The molecule has 0 spiro atoms. The number of aliphatic carboxylic acids is 1. The molecule has 4 rings (SSSR count). The largest absolute Gasteiger partial charge is 0.481 e. The summed E-state index contributed by atoms with van der Waals surface area (Å²) in [6, 6.07) is 16.1. The zero-order valence-electron chi connectivity index (χ0n) is 19.7. The van der Waals surface area contributed by atoms with Gasteiger partial charge in [0, 0.05) is 26.1 Å². The molecule has 2 N–H and O–H groups in total. The molecule has 180 valence electrons. The van der Waals surface area contributed by atoms with Crippen molar-refractivity contribution in [2.75, 3.05) is 33.4 Å². The molecule has 2 aromatic carbocycles. The van der Waals surface area contributed by atoms with Crippen molar-refractivity contribution in [1.82, 2.24) is 10.2 Å². The van der Waals surface area contributed by atoms with Crippen molar-refractivity contribution < 1.29 is 29.0 Å². The van der Waals surface area contributed by atoms with Crippen LogP contribution in [0.15, 0.2) is 48.5 Å². The zero-order valence-corrected chi connectivity index (χ0v) is 19.7. The van der Waals surface area contributed by atoms with E-state index in [1.54, 1.807) is 13.8 Å². The molecule has 2 aliphatic rings. The van der Waals surface area contributed by atoms with Gasteiger partial charge in [-0.1, -0.05) is 55.5 Å². The highest BCUT2D eigenvalue weighted by molar-refractivity contribution is 5.92. The molecule has 0 bridgehead atoms. The van der Waals surface area contributed by atoms with Gasteiger partial charge in [-0.2, -0.15) is 0 Å². The number of alkyl carbamates (subject to hydrolysis) is 1. The molecule has 2 aromatic rings. The zero-order chi connectivity index (χ0) is 24.5. The number of carbonyl (C=O) groups excluding carboxylic acids is 2. The fourth-order valence-electron chi connectivity index (χ4n) is 4.95. The van der Waals surface area contributed by atoms with Gasteiger partial charge in [-0.15, -0.1) is 0 Å². The van der Waals surface area contributed by atoms with Gasteiger partial charge in [0.25, 0.3) is 5.91 Å². The number of methoxy groups -OCH3 is 1. The molecule has 0 saturated carbocycles. The molecule has 0 radical (unpaired) electrons. The van der Waals surface area contributed by atoms with Gasteiger partial charge in [-0.25, -0.2) is 4.79 Å². The molecule has 0 aromatic heterocycles. The number of ether oxygens (including phenoxy) is 2. The number of hydrogen-bond donors (Lipinski definition) is 2. The summed E-state index contributed by atoms with van der Waals surface area (Å²) in [5.41, 5.74) is 2.13. The lowest BCUT2D eigenvalue weighted by Crippen LogP contribution is -2.69. The smallest absolute Gasteiger partial charge is 0.408 e. The summed E-state index contributed by atoms with van der Waals surface area (Å²) in [6.45, 7) is 3.62. The average molecular weight is 467 g/mol. The Kier molecular flexibility index (Phi) is 6.36. The van der Waals surface area contributed by atoms with E-state index in [4.69, 9.17) is 9.47 Å². The van der Waals surface area contributed by atoms with E-state index in [2.05, 4.69) is 17.4 Å². The fraction of sp³-hybridized carbons (Fsp3) is 0.423. The second-order valence-electron chi connectivity index (χ2n) is 9.35. The molecule has 1 heterocycles. The van der Waals surface area contributed by atoms with E-state index in [1.807, 2.05) is 36.4 Å². The van der Waals surface area contributed by atoms with Crippen molar-refractivity contribution in [2.45, 2.75) is 31.7 Å². The van der Waals surface area contributed by atoms with E-state index in [1.165, 1.54) is 12.0 Å². The third-order valence-electron chi connectivity index (χ3n) is 6.97. The number of benzene rings is 2. The van der Waals surface area contributed by atoms with Crippen molar-refractivity contribution in [2.24, 2.45) is 5.41 Å². The molecule has 1 saturated heterocycles. The second-order valence-corrected chi connectivity index (χ2v) is 9.35. The lowest BCUT2D eigenvalue weighted by molar-refractivity contribution is -0.167. The first-order valence-electron chi connectivity index (χ1n) is 11.4. The first kappa shape index (κ1) is 23.8. The highest BCUT2D eigenvalue weighted by Crippen LogP contribution is 2.44. The molecule has 1 unspecified atom stereocenters. The molecule has 1 fully saturated rings. The molecule has 1 aliphatic carbocycles. The van der Waals surface area contributed by atoms with Crippen LogP contribution in [-0.2, 0) is 19.1 Å². The van der Waals surface area contributed by atoms with E-state index in [9.17, 15) is 19.5 Å². The molecule has 2 amide bonds. The lowest BCUT2D eigenvalue weighted by atomic mass is 9.80. The lowest BCUT2D eigenvalue weighted by Gasteiger charge is -2.48. The maximum Gasteiger partial charge on any atom is 0.408 e. The quantitative estimate of drug-likeness (QED) is 0.619. The van der Waals surface area contributed by atoms with Gasteiger partial charge in [0.05, 0.1) is 6.61 Å². The summed E-state index contributed by atoms with van der Waals surface area (Å²) in [5.74, 6) is -1.42. The number of likely N-dealkylation sites (tertiary alicyclic amines) is 1. The molecular weight excluding hydrogens is 436 g/mol. The first-order valence-corrected chi connectivity index (χ1v) is 11.4. The van der Waals surface area contributed by atoms with Crippen molar-refractivity contribution in [1.29, 1.82) is 0 Å². The minimum atomic E-state index is -1.34. The normalized spacial score (nSPS) is 17.7. The summed E-state index contributed by atoms with van der Waals surface area (Å²) in [4.78, 5) is 39.0. The Labute approximate surface area is 198 Å². The van der Waals surface area contributed by atoms with Crippen LogP contribution in [0.2, 0.25) is 0 Å². The minimum absolute atomic E-state index is 0.0488. The van der Waals surface area contributed by atoms with Crippen LogP contribution >= 0.6 is 0 Å². The summed E-state index contributed by atoms with van der Waals surface area (Å²) in [5, 5.41) is 12.1. The number of rotatable bonds is 8. The molecule has 8 heteroatoms. The molecule has 1 aliphatic heterocycles. The van der Waals surface area contributed by atoms with Gasteiger partial charge < -0.3 is 24.8 Å². The average Bonchev–Trinajstić information content (AvgIpc) is 3.13. The summed E-state index contributed by atoms with van der Waals surface area (Å²) in [7, 11) is 1.45. The molecule has 34 heavy (non-hydrogen) atoms. The van der Waals surface area contributed by atoms with E-state index >= 15 is 0 Å². The number of nitrogens with one attached hydrogen (secondary N) is 1. The number of carboxylic acids is 1. The van der Waals surface area contributed by atoms with Crippen LogP contribution in [0.5, 0.6) is 0 Å². The number of nitrogens with zero attached hydrogens (tertiary/aromatic N) is 1. The number of carbonyl (C=O) groups is 3. The number of amides is 2. The second kappa shape index (κ2) is 9.10. The Morgan fingerprint density at radius 2 is 1.65 bits per heavy atom. The van der Waals surface area contributed by atoms with Crippen LogP contribution in [0, 0.1) is 5.41 Å². The van der Waals surface area contributed by atoms with Crippen LogP contribution in [0.25, 0.3) is 11.1 Å². The monoisotopic (exact) mass is 466 g/mol. The number of carboxylic acid groups (broad SMARTS) is 1. The summed E-state index contributed by atoms with van der Waals surface area (Å²) in [6.07, 6.45) is -0.444. The van der Waals surface area contributed by atoms with Gasteiger partial charge in [-0.05, 0) is 35.6 Å². The summed E-state index contributed by atoms with van der Waals surface area (Å²) < 4.78 is 10.9. The standard InChI is InChI=1S/C26H30N2O6/c1-4-26(16-33-3,22(29)28-14-25(2,15-28)23(30)31)27-24(32)34-13-21-19-11-7-5-9-17(19)18-10-6-8-12-20(18)21/h5-12,21H,4,13-16H2,1-3H3,(H,27,32)(H,30,31). The number of hydrogen-bond acceptors (Lipinski definition) is 5. The molecule has 8 nitrogen and oxygen atoms in total. The van der Waals surface area contributed by atoms with E-state index < -0.39 is 23.0 Å². The highest BCUT2D eigenvalue weighted by Gasteiger charge is 2.52. The van der Waals surface area contributed by atoms with Crippen LogP contribution in [0.4, 0.5) is 4.79 Å². The third kappa shape index (κ3) is 4.03. The van der Waals surface area contributed by atoms with Gasteiger partial charge >= 0.3 is 12.1 Å². The summed E-state index contributed by atoms with van der Waals surface area (Å²) >= 11 is 0. The number of fused-ring (bicyclic) bond motifs is 3. The van der Waals surface area contributed by atoms with Crippen molar-refractivity contribution in [3.63, 3.8) is 0 Å². The van der Waals surface area contributed by atoms with Gasteiger partial charge in [0.2, 0.25) is 0 Å². The van der Waals surface area contributed by atoms with Crippen LogP contribution in [0.3, 0.4) is 0 Å². The third-order valence-corrected chi connectivity index (χ3v) is 6.97. The Morgan fingerprint density at radius 3 is 2.15 bits per heavy atom. The highest BCUT2D eigenvalue weighted by atomic mass is 16.5. The molecular formula is C26H30N2O6. The SMILES string of the molecule is CCC(COC)(NC(=O)OCC1c2ccccc2-c2ccccc21)C(=O)N1CC(C)(C(=O)O)C1. The topological polar surface area (TPSA) is 105 Å². The van der Waals surface area contributed by atoms with Crippen LogP contribution in [0.1, 0.15) is 37.3 Å². The van der Waals surface area contributed by atoms with Crippen molar-refractivity contribution in [3.05, 3.63) is 59.7 Å². The predicted octanol–water partition coefficient (Wildman–Crippen LogP) is 3.25. The maximum atomic E-state index is 13.3. The Bertz CT molecular complexity index is 1060. The van der Waals surface area contributed by atoms with Gasteiger partial charge in [-0.3, -0.25) is 9.59 Å². The predicted molar refractivity (Wildman–Crippen MR) is 125 cm³/mol. The van der Waals surface area contributed by atoms with Crippen LogP contribution < -0.4 is 5.32 Å². The molecule has 1 atom stereocenters. The van der Waals surface area contributed by atoms with Crippen LogP contribution in [-0.4, -0.2) is 66.9 Å². The Balaban J connectivity index is 1.46. The Hall–Kier alpha value is -3.39. The Morgan fingerprint density at radius 1 is 1.09 bits per heavy atom. The van der Waals surface area contributed by atoms with E-state index in [0.29, 0.717) is 0 Å². The fourth-order valence-corrected chi connectivity index (χ4v) is 4.95. The first-order chi connectivity index (χ1) is 16.2. The van der Waals surface area contributed by atoms with E-state index in [-0.39, 0.29) is 44.5 Å². The van der Waals surface area contributed by atoms with Gasteiger partial charge in [0.1, 0.15) is 17.6 Å². The van der Waals surface area contributed by atoms with Crippen molar-refractivity contribution in [3.8, 4) is 11.1 Å².